The number of benzene rings is 1. The number of nitrogens with one attached hydrogen (secondary N) is 1. The van der Waals surface area contributed by atoms with Crippen LogP contribution >= 0.6 is 24.0 Å². The maximum Gasteiger partial charge on any atom is 0.336 e. The van der Waals surface area contributed by atoms with Gasteiger partial charge in [0.25, 0.3) is 0 Å². The Kier molecular flexibility index (Phi) is 4.28. The molecule has 0 spiro atoms. The Morgan fingerprint density at radius 1 is 1.37 bits per heavy atom. The second-order valence-electron chi connectivity index (χ2n) is 3.73. The van der Waals surface area contributed by atoms with Crippen LogP contribution in [0.3, 0.4) is 0 Å². The molecule has 1 heterocycles. The third-order valence-electron chi connectivity index (χ3n) is 2.41. The minimum Gasteiger partial charge on any atom is -0.478 e. The molecule has 19 heavy (non-hydrogen) atoms. The van der Waals surface area contributed by atoms with Crippen LogP contribution in [0.5, 0.6) is 0 Å². The third-order valence-corrected chi connectivity index (χ3v) is 2.79. The lowest BCUT2D eigenvalue weighted by Crippen LogP contribution is -2.43. The van der Waals surface area contributed by atoms with E-state index in [1.807, 2.05) is 0 Å². The first-order valence-electron chi connectivity index (χ1n) is 5.05. The normalized spacial score (nSPS) is 21.5. The molecule has 0 amide bonds. The Morgan fingerprint density at radius 3 is 2.58 bits per heavy atom. The van der Waals surface area contributed by atoms with E-state index in [2.05, 4.69) is 10.3 Å². The minimum atomic E-state index is -1.50. The van der Waals surface area contributed by atoms with Crippen LogP contribution < -0.4 is 16.8 Å². The highest BCUT2D eigenvalue weighted by Gasteiger charge is 2.35. The molecule has 1 aromatic rings. The molecule has 0 radical (unpaired) electrons. The van der Waals surface area contributed by atoms with Gasteiger partial charge in [-0.3, -0.25) is 0 Å². The number of nitrogens with two attached hydrogens (primary N) is 2. The van der Waals surface area contributed by atoms with Crippen molar-refractivity contribution < 1.29 is 9.90 Å². The van der Waals surface area contributed by atoms with Crippen molar-refractivity contribution in [1.29, 1.82) is 0 Å². The Bertz CT molecular complexity index is 574. The largest absolute Gasteiger partial charge is 0.478 e. The van der Waals surface area contributed by atoms with Crippen LogP contribution in [0.1, 0.15) is 15.9 Å². The molecule has 1 atom stereocenters. The fraction of sp³-hybridized carbons (Fsp3) is 0.0909. The average molecular weight is 303 g/mol. The molecule has 1 aliphatic rings. The van der Waals surface area contributed by atoms with Crippen molar-refractivity contribution >= 4 is 35.8 Å². The highest BCUT2D eigenvalue weighted by atomic mass is 35.5. The molecule has 0 aromatic heterocycles. The van der Waals surface area contributed by atoms with Gasteiger partial charge in [0, 0.05) is 11.6 Å². The zero-order valence-electron chi connectivity index (χ0n) is 9.63. The maximum atomic E-state index is 11.2. The number of hydrogen-bond acceptors (Lipinski definition) is 5. The molecule has 0 saturated heterocycles. The molecular weight excluding hydrogens is 291 g/mol. The summed E-state index contributed by atoms with van der Waals surface area (Å²) < 4.78 is 0. The van der Waals surface area contributed by atoms with Gasteiger partial charge in [-0.25, -0.2) is 9.79 Å². The van der Waals surface area contributed by atoms with Crippen LogP contribution in [-0.2, 0) is 5.12 Å². The molecule has 0 fully saturated rings. The Labute approximate surface area is 120 Å². The second-order valence-corrected chi connectivity index (χ2v) is 4.28. The summed E-state index contributed by atoms with van der Waals surface area (Å²) >= 11 is 6.28. The minimum absolute atomic E-state index is 0. The number of carbonyl (C=O) groups is 1. The van der Waals surface area contributed by atoms with Gasteiger partial charge >= 0.3 is 5.97 Å². The summed E-state index contributed by atoms with van der Waals surface area (Å²) in [6, 6.07) is 6.25. The van der Waals surface area contributed by atoms with Crippen molar-refractivity contribution in [2.24, 2.45) is 16.5 Å². The number of aromatic carboxylic acids is 1. The predicted octanol–water partition coefficient (Wildman–Crippen LogP) is 0.916. The number of halogens is 2. The first kappa shape index (κ1) is 15.1. The summed E-state index contributed by atoms with van der Waals surface area (Å²) in [5.74, 6) is -0.756. The fourth-order valence-electron chi connectivity index (χ4n) is 1.71. The zero-order chi connectivity index (χ0) is 13.3. The van der Waals surface area contributed by atoms with Gasteiger partial charge in [0.2, 0.25) is 5.12 Å². The van der Waals surface area contributed by atoms with Crippen molar-refractivity contribution in [3.05, 3.63) is 47.3 Å². The second kappa shape index (κ2) is 5.38. The first-order chi connectivity index (χ1) is 8.42. The van der Waals surface area contributed by atoms with E-state index in [-0.39, 0.29) is 35.2 Å². The van der Waals surface area contributed by atoms with Crippen LogP contribution in [0, 0.1) is 0 Å². The smallest absolute Gasteiger partial charge is 0.336 e. The van der Waals surface area contributed by atoms with Gasteiger partial charge in [0.05, 0.1) is 5.56 Å². The molecule has 2 rings (SSSR count). The number of nitrogens with zero attached hydrogens (tertiary/aromatic N) is 1. The van der Waals surface area contributed by atoms with Gasteiger partial charge in [-0.1, -0.05) is 29.8 Å². The van der Waals surface area contributed by atoms with Crippen LogP contribution in [0.15, 0.2) is 41.2 Å². The third kappa shape index (κ3) is 2.91. The number of aliphatic imine (C=N–C) groups is 1. The van der Waals surface area contributed by atoms with E-state index < -0.39 is 11.1 Å². The number of hydrogen-bond donors (Lipinski definition) is 4. The standard InChI is InChI=1S/C11H11ClN4O2.ClH/c12-11(15-8(13)5-9(14)16-11)7-4-2-1-3-6(7)10(17)18;/h1-5,15H,13H2,(H2,14,16)(H,17,18);1H. The lowest BCUT2D eigenvalue weighted by Gasteiger charge is -2.29. The zero-order valence-corrected chi connectivity index (χ0v) is 11.2. The van der Waals surface area contributed by atoms with Gasteiger partial charge in [-0.15, -0.1) is 12.4 Å². The lowest BCUT2D eigenvalue weighted by molar-refractivity contribution is 0.0694. The van der Waals surface area contributed by atoms with Crippen molar-refractivity contribution in [3.63, 3.8) is 0 Å². The summed E-state index contributed by atoms with van der Waals surface area (Å²) in [7, 11) is 0. The summed E-state index contributed by atoms with van der Waals surface area (Å²) in [5.41, 5.74) is 11.5. The Balaban J connectivity index is 0.00000180. The van der Waals surface area contributed by atoms with Gasteiger partial charge in [0.15, 0.2) is 0 Å². The molecule has 0 aliphatic carbocycles. The van der Waals surface area contributed by atoms with E-state index in [0.717, 1.165) is 0 Å². The Hall–Kier alpha value is -1.92. The van der Waals surface area contributed by atoms with Crippen LogP contribution in [0.4, 0.5) is 0 Å². The SMILES string of the molecule is Cl.NC1=CC(N)=NC(Cl)(c2ccccc2C(=O)O)N1. The van der Waals surface area contributed by atoms with Crippen molar-refractivity contribution in [3.8, 4) is 0 Å². The van der Waals surface area contributed by atoms with Gasteiger partial charge in [-0.05, 0) is 6.07 Å². The monoisotopic (exact) mass is 302 g/mol. The van der Waals surface area contributed by atoms with E-state index in [1.165, 1.54) is 12.1 Å². The molecule has 1 aliphatic heterocycles. The molecule has 0 bridgehead atoms. The van der Waals surface area contributed by atoms with Crippen LogP contribution in [0.2, 0.25) is 0 Å². The van der Waals surface area contributed by atoms with Crippen molar-refractivity contribution in [2.75, 3.05) is 0 Å². The fourth-order valence-corrected chi connectivity index (χ4v) is 2.08. The van der Waals surface area contributed by atoms with Crippen LogP contribution in [-0.4, -0.2) is 16.9 Å². The Morgan fingerprint density at radius 2 is 2.00 bits per heavy atom. The summed E-state index contributed by atoms with van der Waals surface area (Å²) in [4.78, 5) is 15.2. The molecular formula is C11H12Cl2N4O2. The van der Waals surface area contributed by atoms with E-state index in [0.29, 0.717) is 0 Å². The topological polar surface area (TPSA) is 114 Å². The van der Waals surface area contributed by atoms with Gasteiger partial charge in [0.1, 0.15) is 11.7 Å². The molecule has 6 nitrogen and oxygen atoms in total. The number of alkyl halides is 1. The molecule has 1 unspecified atom stereocenters. The summed E-state index contributed by atoms with van der Waals surface area (Å²) in [5, 5.41) is 10.3. The van der Waals surface area contributed by atoms with Gasteiger partial charge in [-0.2, -0.15) is 0 Å². The highest BCUT2D eigenvalue weighted by Crippen LogP contribution is 2.32. The van der Waals surface area contributed by atoms with E-state index >= 15 is 0 Å². The van der Waals surface area contributed by atoms with Crippen molar-refractivity contribution in [1.82, 2.24) is 5.32 Å². The summed E-state index contributed by atoms with van der Waals surface area (Å²) in [6.07, 6.45) is 1.41. The quantitative estimate of drug-likeness (QED) is 0.479. The highest BCUT2D eigenvalue weighted by molar-refractivity contribution is 6.25. The van der Waals surface area contributed by atoms with E-state index in [1.54, 1.807) is 18.2 Å². The molecule has 8 heteroatoms. The lowest BCUT2D eigenvalue weighted by atomic mass is 10.0. The number of carboxylic acid groups (broad SMARTS) is 1. The molecule has 0 saturated carbocycles. The van der Waals surface area contributed by atoms with E-state index in [4.69, 9.17) is 28.2 Å². The van der Waals surface area contributed by atoms with E-state index in [9.17, 15) is 4.79 Å². The first-order valence-corrected chi connectivity index (χ1v) is 5.42. The number of rotatable bonds is 2. The van der Waals surface area contributed by atoms with Crippen LogP contribution in [0.25, 0.3) is 0 Å². The maximum absolute atomic E-state index is 11.2. The van der Waals surface area contributed by atoms with Gasteiger partial charge < -0.3 is 21.9 Å². The van der Waals surface area contributed by atoms with Crippen molar-refractivity contribution in [2.45, 2.75) is 5.12 Å². The molecule has 6 N–H and O–H groups in total. The molecule has 1 aromatic carbocycles. The number of amidine groups is 1. The molecule has 102 valence electrons. The predicted molar refractivity (Wildman–Crippen MR) is 75.2 cm³/mol. The summed E-state index contributed by atoms with van der Waals surface area (Å²) in [6.45, 7) is 0. The number of carboxylic acids is 1. The average Bonchev–Trinajstić information content (AvgIpc) is 2.27.